The van der Waals surface area contributed by atoms with E-state index in [9.17, 15) is 4.79 Å². The maximum Gasteiger partial charge on any atom is 0.146 e. The molecule has 0 N–H and O–H groups in total. The fraction of sp³-hybridized carbons (Fsp3) is 0.182. The number of aldehydes is 1. The molecule has 1 nitrogen and oxygen atoms in total. The van der Waals surface area contributed by atoms with Crippen LogP contribution in [0.5, 0.6) is 0 Å². The van der Waals surface area contributed by atoms with Gasteiger partial charge >= 0.3 is 0 Å². The molecule has 0 bridgehead atoms. The van der Waals surface area contributed by atoms with Crippen molar-refractivity contribution in [3.8, 4) is 0 Å². The minimum atomic E-state index is 0.690. The Kier molecular flexibility index (Phi) is 3.71. The number of halogens is 1. The number of hydrogen-bond acceptors (Lipinski definition) is 1. The summed E-state index contributed by atoms with van der Waals surface area (Å²) in [4.78, 5) is 10.5. The van der Waals surface area contributed by atoms with E-state index >= 15 is 0 Å². The molecular formula is C11H11ClO. The van der Waals surface area contributed by atoms with Crippen LogP contribution in [0.2, 0.25) is 5.02 Å². The summed E-state index contributed by atoms with van der Waals surface area (Å²) in [5, 5.41) is 0.690. The highest BCUT2D eigenvalue weighted by Gasteiger charge is 1.93. The molecule has 0 saturated heterocycles. The quantitative estimate of drug-likeness (QED) is 0.533. The van der Waals surface area contributed by atoms with Crippen LogP contribution in [-0.2, 0) is 4.79 Å². The number of benzene rings is 1. The van der Waals surface area contributed by atoms with Crippen molar-refractivity contribution in [3.63, 3.8) is 0 Å². The highest BCUT2D eigenvalue weighted by atomic mass is 35.5. The predicted octanol–water partition coefficient (Wildman–Crippen LogP) is 3.33. The van der Waals surface area contributed by atoms with E-state index in [0.717, 1.165) is 23.8 Å². The number of rotatable bonds is 3. The largest absolute Gasteiger partial charge is 0.298 e. The van der Waals surface area contributed by atoms with Gasteiger partial charge in [-0.25, -0.2) is 0 Å². The Balaban J connectivity index is 2.95. The maximum atomic E-state index is 10.5. The molecule has 1 rings (SSSR count). The van der Waals surface area contributed by atoms with E-state index in [2.05, 4.69) is 0 Å². The number of hydrogen-bond donors (Lipinski definition) is 0. The average Bonchev–Trinajstić information content (AvgIpc) is 2.14. The van der Waals surface area contributed by atoms with Crippen LogP contribution >= 0.6 is 11.6 Å². The summed E-state index contributed by atoms with van der Waals surface area (Å²) in [6.45, 7) is 1.95. The third-order valence-electron chi connectivity index (χ3n) is 1.76. The molecule has 0 amide bonds. The zero-order valence-corrected chi connectivity index (χ0v) is 8.21. The lowest BCUT2D eigenvalue weighted by atomic mass is 10.1. The first-order valence-corrected chi connectivity index (χ1v) is 4.55. The van der Waals surface area contributed by atoms with Crippen LogP contribution in [0.4, 0.5) is 0 Å². The lowest BCUT2D eigenvalue weighted by Gasteiger charge is -1.96. The van der Waals surface area contributed by atoms with Crippen molar-refractivity contribution in [1.82, 2.24) is 0 Å². The minimum absolute atomic E-state index is 0.690. The van der Waals surface area contributed by atoms with Gasteiger partial charge in [-0.3, -0.25) is 4.79 Å². The van der Waals surface area contributed by atoms with Gasteiger partial charge in [0.05, 0.1) is 0 Å². The summed E-state index contributed by atoms with van der Waals surface area (Å²) >= 11 is 5.80. The molecule has 0 aliphatic rings. The van der Waals surface area contributed by atoms with Gasteiger partial charge in [-0.1, -0.05) is 30.7 Å². The molecule has 1 aromatic rings. The van der Waals surface area contributed by atoms with E-state index in [1.54, 1.807) is 0 Å². The van der Waals surface area contributed by atoms with Crippen molar-refractivity contribution in [3.05, 3.63) is 40.4 Å². The van der Waals surface area contributed by atoms with Crippen LogP contribution < -0.4 is 0 Å². The number of allylic oxidation sites excluding steroid dienone is 1. The van der Waals surface area contributed by atoms with Crippen LogP contribution in [-0.4, -0.2) is 6.29 Å². The molecule has 0 spiro atoms. The van der Waals surface area contributed by atoms with E-state index in [4.69, 9.17) is 11.6 Å². The lowest BCUT2D eigenvalue weighted by Crippen LogP contribution is -1.81. The Morgan fingerprint density at radius 1 is 1.54 bits per heavy atom. The summed E-state index contributed by atoms with van der Waals surface area (Å²) in [5.41, 5.74) is 1.75. The van der Waals surface area contributed by atoms with E-state index in [1.165, 1.54) is 0 Å². The standard InChI is InChI=1S/C11H11ClO/c1-2-9(8-13)6-10-4-3-5-11(12)7-10/h3-8H,2H2,1H3/b9-6+. The third-order valence-corrected chi connectivity index (χ3v) is 2.00. The molecule has 0 saturated carbocycles. The van der Waals surface area contributed by atoms with Gasteiger partial charge in [0.15, 0.2) is 0 Å². The first kappa shape index (κ1) is 10.0. The molecule has 0 aliphatic heterocycles. The van der Waals surface area contributed by atoms with Crippen LogP contribution in [0.3, 0.4) is 0 Å². The Bertz CT molecular complexity index is 329. The van der Waals surface area contributed by atoms with E-state index in [1.807, 2.05) is 37.3 Å². The highest BCUT2D eigenvalue weighted by Crippen LogP contribution is 2.13. The van der Waals surface area contributed by atoms with E-state index in [-0.39, 0.29) is 0 Å². The second-order valence-corrected chi connectivity index (χ2v) is 3.18. The number of carbonyl (C=O) groups excluding carboxylic acids is 1. The van der Waals surface area contributed by atoms with Gasteiger partial charge in [-0.2, -0.15) is 0 Å². The molecule has 0 atom stereocenters. The lowest BCUT2D eigenvalue weighted by molar-refractivity contribution is -0.104. The van der Waals surface area contributed by atoms with Gasteiger partial charge in [-0.15, -0.1) is 0 Å². The van der Waals surface area contributed by atoms with Crippen LogP contribution in [0.1, 0.15) is 18.9 Å². The van der Waals surface area contributed by atoms with Crippen molar-refractivity contribution < 1.29 is 4.79 Å². The van der Waals surface area contributed by atoms with Gasteiger partial charge in [-0.05, 0) is 35.8 Å². The molecule has 2 heteroatoms. The zero-order chi connectivity index (χ0) is 9.68. The monoisotopic (exact) mass is 194 g/mol. The second-order valence-electron chi connectivity index (χ2n) is 2.75. The SMILES string of the molecule is CC/C(C=O)=C\c1cccc(Cl)c1. The molecule has 0 heterocycles. The topological polar surface area (TPSA) is 17.1 Å². The molecular weight excluding hydrogens is 184 g/mol. The van der Waals surface area contributed by atoms with Gasteiger partial charge in [0.1, 0.15) is 6.29 Å². The third kappa shape index (κ3) is 3.03. The summed E-state index contributed by atoms with van der Waals surface area (Å²) in [7, 11) is 0. The Hall–Kier alpha value is -1.08. The first-order chi connectivity index (χ1) is 6.26. The Morgan fingerprint density at radius 3 is 2.85 bits per heavy atom. The smallest absolute Gasteiger partial charge is 0.146 e. The summed E-state index contributed by atoms with van der Waals surface area (Å²) < 4.78 is 0. The molecule has 1 aromatic carbocycles. The molecule has 68 valence electrons. The zero-order valence-electron chi connectivity index (χ0n) is 7.46. The average molecular weight is 195 g/mol. The van der Waals surface area contributed by atoms with Crippen molar-refractivity contribution in [2.24, 2.45) is 0 Å². The molecule has 0 fully saturated rings. The Morgan fingerprint density at radius 2 is 2.31 bits per heavy atom. The van der Waals surface area contributed by atoms with Crippen LogP contribution in [0.15, 0.2) is 29.8 Å². The van der Waals surface area contributed by atoms with Crippen molar-refractivity contribution in [2.45, 2.75) is 13.3 Å². The fourth-order valence-corrected chi connectivity index (χ4v) is 1.23. The maximum absolute atomic E-state index is 10.5. The van der Waals surface area contributed by atoms with Crippen LogP contribution in [0.25, 0.3) is 6.08 Å². The summed E-state index contributed by atoms with van der Waals surface area (Å²) in [6.07, 6.45) is 3.47. The van der Waals surface area contributed by atoms with E-state index in [0.29, 0.717) is 5.02 Å². The summed E-state index contributed by atoms with van der Waals surface area (Å²) in [5.74, 6) is 0. The van der Waals surface area contributed by atoms with Crippen molar-refractivity contribution in [1.29, 1.82) is 0 Å². The Labute approximate surface area is 83.0 Å². The number of carbonyl (C=O) groups is 1. The fourth-order valence-electron chi connectivity index (χ4n) is 1.03. The van der Waals surface area contributed by atoms with Crippen molar-refractivity contribution >= 4 is 24.0 Å². The highest BCUT2D eigenvalue weighted by molar-refractivity contribution is 6.30. The van der Waals surface area contributed by atoms with Gasteiger partial charge < -0.3 is 0 Å². The molecule has 0 radical (unpaired) electrons. The van der Waals surface area contributed by atoms with Gasteiger partial charge in [0.2, 0.25) is 0 Å². The summed E-state index contributed by atoms with van der Waals surface area (Å²) in [6, 6.07) is 7.43. The van der Waals surface area contributed by atoms with Gasteiger partial charge in [0.25, 0.3) is 0 Å². The molecule has 0 aliphatic carbocycles. The minimum Gasteiger partial charge on any atom is -0.298 e. The molecule has 13 heavy (non-hydrogen) atoms. The molecule has 0 aromatic heterocycles. The molecule has 0 unspecified atom stereocenters. The second kappa shape index (κ2) is 4.83. The van der Waals surface area contributed by atoms with Crippen molar-refractivity contribution in [2.75, 3.05) is 0 Å². The van der Waals surface area contributed by atoms with E-state index < -0.39 is 0 Å². The predicted molar refractivity (Wildman–Crippen MR) is 55.8 cm³/mol. The van der Waals surface area contributed by atoms with Gasteiger partial charge in [0, 0.05) is 5.02 Å². The first-order valence-electron chi connectivity index (χ1n) is 4.17. The normalized spacial score (nSPS) is 11.4. The van der Waals surface area contributed by atoms with Crippen LogP contribution in [0, 0.1) is 0 Å².